The third-order valence-electron chi connectivity index (χ3n) is 5.46. The smallest absolute Gasteiger partial charge is 0.410 e. The Bertz CT molecular complexity index is 1120. The van der Waals surface area contributed by atoms with E-state index in [0.717, 1.165) is 17.7 Å². The van der Waals surface area contributed by atoms with Crippen LogP contribution in [0, 0.1) is 0 Å². The van der Waals surface area contributed by atoms with Gasteiger partial charge in [-0.2, -0.15) is 4.99 Å². The zero-order valence-corrected chi connectivity index (χ0v) is 22.5. The standard InChI is InChI=1S/C25H34ClN3O4S/c1-24(2,3)20-15-28(14-17-9-8-12-29(17)23(31)33-25(4,5)6)22(34-20)27-21(30)18-13-16(26)10-11-19(18)32-7/h10-11,13,15,17H,8-9,12,14H2,1-7H3. The molecule has 0 saturated carbocycles. The van der Waals surface area contributed by atoms with Gasteiger partial charge in [0.05, 0.1) is 18.7 Å². The van der Waals surface area contributed by atoms with Gasteiger partial charge in [0.2, 0.25) is 0 Å². The van der Waals surface area contributed by atoms with Gasteiger partial charge in [-0.15, -0.1) is 11.3 Å². The van der Waals surface area contributed by atoms with Crippen molar-refractivity contribution in [3.8, 4) is 5.75 Å². The molecule has 186 valence electrons. The quantitative estimate of drug-likeness (QED) is 0.536. The third kappa shape index (κ3) is 6.42. The number of aromatic nitrogens is 1. The summed E-state index contributed by atoms with van der Waals surface area (Å²) in [6, 6.07) is 4.86. The Labute approximate surface area is 210 Å². The van der Waals surface area contributed by atoms with E-state index in [-0.39, 0.29) is 17.6 Å². The number of ether oxygens (including phenoxy) is 2. The summed E-state index contributed by atoms with van der Waals surface area (Å²) < 4.78 is 12.9. The Hall–Kier alpha value is -2.32. The average Bonchev–Trinajstić information content (AvgIpc) is 3.34. The lowest BCUT2D eigenvalue weighted by molar-refractivity contribution is 0.0213. The van der Waals surface area contributed by atoms with Crippen LogP contribution in [0.2, 0.25) is 5.02 Å². The SMILES string of the molecule is COc1ccc(Cl)cc1C(=O)N=c1sc(C(C)(C)C)cn1CC1CCCN1C(=O)OC(C)(C)C. The molecular formula is C25H34ClN3O4S. The zero-order chi connectivity index (χ0) is 25.3. The number of carbonyl (C=O) groups is 2. The number of benzene rings is 1. The van der Waals surface area contributed by atoms with Gasteiger partial charge in [0.25, 0.3) is 5.91 Å². The molecule has 0 bridgehead atoms. The molecule has 7 nitrogen and oxygen atoms in total. The van der Waals surface area contributed by atoms with Crippen LogP contribution in [0.25, 0.3) is 0 Å². The van der Waals surface area contributed by atoms with Crippen LogP contribution in [0.1, 0.15) is 69.6 Å². The fourth-order valence-corrected chi connectivity index (χ4v) is 4.98. The maximum absolute atomic E-state index is 13.1. The van der Waals surface area contributed by atoms with Crippen molar-refractivity contribution >= 4 is 34.9 Å². The van der Waals surface area contributed by atoms with E-state index in [1.807, 2.05) is 31.5 Å². The molecule has 34 heavy (non-hydrogen) atoms. The van der Waals surface area contributed by atoms with Crippen molar-refractivity contribution in [2.24, 2.45) is 4.99 Å². The van der Waals surface area contributed by atoms with E-state index in [9.17, 15) is 9.59 Å². The van der Waals surface area contributed by atoms with Crippen molar-refractivity contribution in [2.75, 3.05) is 13.7 Å². The molecule has 1 aromatic carbocycles. The molecule has 1 saturated heterocycles. The van der Waals surface area contributed by atoms with Crippen LogP contribution in [-0.4, -0.2) is 46.8 Å². The average molecular weight is 508 g/mol. The zero-order valence-electron chi connectivity index (χ0n) is 21.0. The first kappa shape index (κ1) is 26.3. The predicted octanol–water partition coefficient (Wildman–Crippen LogP) is 5.65. The molecule has 2 heterocycles. The normalized spacial score (nSPS) is 17.2. The minimum atomic E-state index is -0.553. The highest BCUT2D eigenvalue weighted by molar-refractivity contribution is 7.09. The third-order valence-corrected chi connectivity index (χ3v) is 7.14. The maximum Gasteiger partial charge on any atom is 0.410 e. The maximum atomic E-state index is 13.1. The second kappa shape index (κ2) is 10.1. The van der Waals surface area contributed by atoms with Crippen LogP contribution in [0.4, 0.5) is 4.79 Å². The number of likely N-dealkylation sites (tertiary alicyclic amines) is 1. The monoisotopic (exact) mass is 507 g/mol. The molecule has 1 aromatic heterocycles. The van der Waals surface area contributed by atoms with E-state index in [1.54, 1.807) is 23.1 Å². The van der Waals surface area contributed by atoms with Gasteiger partial charge >= 0.3 is 6.09 Å². The summed E-state index contributed by atoms with van der Waals surface area (Å²) in [5.74, 6) is -0.00461. The molecule has 2 aromatic rings. The van der Waals surface area contributed by atoms with E-state index in [0.29, 0.717) is 34.2 Å². The number of carbonyl (C=O) groups excluding carboxylic acids is 2. The minimum absolute atomic E-state index is 0.0352. The molecule has 1 aliphatic rings. The Morgan fingerprint density at radius 3 is 2.53 bits per heavy atom. The fraction of sp³-hybridized carbons (Fsp3) is 0.560. The molecule has 1 atom stereocenters. The molecule has 0 N–H and O–H groups in total. The van der Waals surface area contributed by atoms with E-state index >= 15 is 0 Å². The number of halogens is 1. The van der Waals surface area contributed by atoms with Gasteiger partial charge in [-0.25, -0.2) is 4.79 Å². The predicted molar refractivity (Wildman–Crippen MR) is 135 cm³/mol. The summed E-state index contributed by atoms with van der Waals surface area (Å²) in [5.41, 5.74) is -0.358. The van der Waals surface area contributed by atoms with Crippen LogP contribution in [0.15, 0.2) is 29.4 Å². The molecule has 0 spiro atoms. The van der Waals surface area contributed by atoms with Crippen LogP contribution < -0.4 is 9.54 Å². The first-order valence-electron chi connectivity index (χ1n) is 11.4. The second-order valence-electron chi connectivity index (χ2n) is 10.5. The lowest BCUT2D eigenvalue weighted by Gasteiger charge is -2.28. The van der Waals surface area contributed by atoms with Crippen molar-refractivity contribution < 1.29 is 19.1 Å². The van der Waals surface area contributed by atoms with E-state index in [4.69, 9.17) is 21.1 Å². The first-order valence-corrected chi connectivity index (χ1v) is 12.6. The molecule has 0 radical (unpaired) electrons. The number of hydrogen-bond donors (Lipinski definition) is 0. The Balaban J connectivity index is 1.97. The number of nitrogens with zero attached hydrogens (tertiary/aromatic N) is 3. The molecule has 1 aliphatic heterocycles. The largest absolute Gasteiger partial charge is 0.496 e. The second-order valence-corrected chi connectivity index (χ2v) is 12.0. The van der Waals surface area contributed by atoms with E-state index in [2.05, 4.69) is 25.8 Å². The summed E-state index contributed by atoms with van der Waals surface area (Å²) in [6.45, 7) is 13.2. The Morgan fingerprint density at radius 1 is 1.21 bits per heavy atom. The lowest BCUT2D eigenvalue weighted by atomic mass is 9.95. The summed E-state index contributed by atoms with van der Waals surface area (Å²) in [6.07, 6.45) is 3.51. The highest BCUT2D eigenvalue weighted by atomic mass is 35.5. The number of methoxy groups -OCH3 is 1. The van der Waals surface area contributed by atoms with Crippen molar-refractivity contribution in [3.63, 3.8) is 0 Å². The molecule has 1 fully saturated rings. The van der Waals surface area contributed by atoms with Gasteiger partial charge in [-0.3, -0.25) is 4.79 Å². The van der Waals surface area contributed by atoms with Crippen LogP contribution in [0.5, 0.6) is 5.75 Å². The Kier molecular flexibility index (Phi) is 7.82. The van der Waals surface area contributed by atoms with Gasteiger partial charge < -0.3 is 18.9 Å². The lowest BCUT2D eigenvalue weighted by Crippen LogP contribution is -2.42. The molecule has 1 unspecified atom stereocenters. The van der Waals surface area contributed by atoms with E-state index < -0.39 is 11.5 Å². The van der Waals surface area contributed by atoms with Crippen molar-refractivity contribution in [1.82, 2.24) is 9.47 Å². The van der Waals surface area contributed by atoms with Crippen LogP contribution >= 0.6 is 22.9 Å². The molecule has 0 aliphatic carbocycles. The number of hydrogen-bond acceptors (Lipinski definition) is 5. The van der Waals surface area contributed by atoms with Gasteiger partial charge in [0, 0.05) is 29.2 Å². The number of amides is 2. The summed E-state index contributed by atoms with van der Waals surface area (Å²) >= 11 is 7.60. The minimum Gasteiger partial charge on any atom is -0.496 e. The van der Waals surface area contributed by atoms with Gasteiger partial charge in [0.15, 0.2) is 4.80 Å². The van der Waals surface area contributed by atoms with Gasteiger partial charge in [0.1, 0.15) is 11.4 Å². The molecule has 3 rings (SSSR count). The van der Waals surface area contributed by atoms with Gasteiger partial charge in [-0.1, -0.05) is 32.4 Å². The highest BCUT2D eigenvalue weighted by Gasteiger charge is 2.33. The van der Waals surface area contributed by atoms with Crippen LogP contribution in [-0.2, 0) is 16.7 Å². The summed E-state index contributed by atoms with van der Waals surface area (Å²) in [7, 11) is 1.51. The first-order chi connectivity index (χ1) is 15.8. The fourth-order valence-electron chi connectivity index (χ4n) is 3.75. The molecule has 9 heteroatoms. The number of thiazole rings is 1. The molecular weight excluding hydrogens is 474 g/mol. The topological polar surface area (TPSA) is 73.1 Å². The van der Waals surface area contributed by atoms with Crippen molar-refractivity contribution in [3.05, 3.63) is 44.7 Å². The Morgan fingerprint density at radius 2 is 1.91 bits per heavy atom. The summed E-state index contributed by atoms with van der Waals surface area (Å²) in [4.78, 5) is 33.8. The summed E-state index contributed by atoms with van der Waals surface area (Å²) in [5, 5.41) is 0.438. The van der Waals surface area contributed by atoms with Crippen LogP contribution in [0.3, 0.4) is 0 Å². The van der Waals surface area contributed by atoms with E-state index in [1.165, 1.54) is 18.4 Å². The van der Waals surface area contributed by atoms with Crippen molar-refractivity contribution in [2.45, 2.75) is 78.0 Å². The number of rotatable bonds is 4. The van der Waals surface area contributed by atoms with Gasteiger partial charge in [-0.05, 0) is 57.2 Å². The van der Waals surface area contributed by atoms with Crippen molar-refractivity contribution in [1.29, 1.82) is 0 Å². The highest BCUT2D eigenvalue weighted by Crippen LogP contribution is 2.27. The molecule has 2 amide bonds.